The maximum absolute atomic E-state index is 6.10. The number of anilines is 1. The minimum Gasteiger partial charge on any atom is -0.419 e. The summed E-state index contributed by atoms with van der Waals surface area (Å²) in [6.07, 6.45) is 0. The van der Waals surface area contributed by atoms with Gasteiger partial charge in [-0.3, -0.25) is 0 Å². The van der Waals surface area contributed by atoms with Gasteiger partial charge < -0.3 is 9.73 Å². The molecule has 0 aliphatic carbocycles. The van der Waals surface area contributed by atoms with Crippen molar-refractivity contribution < 1.29 is 4.42 Å². The topological polar surface area (TPSA) is 51.0 Å². The third-order valence-electron chi connectivity index (χ3n) is 3.11. The van der Waals surface area contributed by atoms with Crippen molar-refractivity contribution in [3.63, 3.8) is 0 Å². The standard InChI is InChI=1S/C16H13Cl2N3O/c1-10-4-2-5-11(8-10)16-21-20-14(22-16)9-19-15-12(17)6-3-7-13(15)18/h2-8,19H,9H2,1H3. The fraction of sp³-hybridized carbons (Fsp3) is 0.125. The van der Waals surface area contributed by atoms with Crippen molar-refractivity contribution in [3.05, 3.63) is 64.0 Å². The maximum atomic E-state index is 6.10. The molecule has 3 rings (SSSR count). The van der Waals surface area contributed by atoms with Crippen molar-refractivity contribution in [1.29, 1.82) is 0 Å². The molecule has 2 aromatic carbocycles. The van der Waals surface area contributed by atoms with E-state index >= 15 is 0 Å². The second kappa shape index (κ2) is 6.38. The van der Waals surface area contributed by atoms with E-state index in [-0.39, 0.29) is 0 Å². The van der Waals surface area contributed by atoms with Crippen LogP contribution in [0.2, 0.25) is 10.0 Å². The molecule has 0 saturated heterocycles. The predicted octanol–water partition coefficient (Wildman–Crippen LogP) is 4.96. The molecule has 22 heavy (non-hydrogen) atoms. The number of nitrogens with one attached hydrogen (secondary N) is 1. The molecule has 0 aliphatic heterocycles. The maximum Gasteiger partial charge on any atom is 0.247 e. The normalized spacial score (nSPS) is 10.7. The molecule has 0 radical (unpaired) electrons. The van der Waals surface area contributed by atoms with Crippen LogP contribution in [0.1, 0.15) is 11.5 Å². The van der Waals surface area contributed by atoms with Crippen LogP contribution in [0.25, 0.3) is 11.5 Å². The monoisotopic (exact) mass is 333 g/mol. The minimum atomic E-state index is 0.349. The van der Waals surface area contributed by atoms with Crippen LogP contribution in [-0.4, -0.2) is 10.2 Å². The highest BCUT2D eigenvalue weighted by Gasteiger charge is 2.10. The number of benzene rings is 2. The molecule has 0 atom stereocenters. The van der Waals surface area contributed by atoms with Crippen molar-refractivity contribution >= 4 is 28.9 Å². The first kappa shape index (κ1) is 14.9. The fourth-order valence-electron chi connectivity index (χ4n) is 2.05. The average Bonchev–Trinajstić information content (AvgIpc) is 2.96. The summed E-state index contributed by atoms with van der Waals surface area (Å²) in [5, 5.41) is 12.3. The van der Waals surface area contributed by atoms with Gasteiger partial charge in [0.25, 0.3) is 0 Å². The summed E-state index contributed by atoms with van der Waals surface area (Å²) < 4.78 is 5.66. The molecule has 0 bridgehead atoms. The lowest BCUT2D eigenvalue weighted by Gasteiger charge is -2.07. The van der Waals surface area contributed by atoms with E-state index in [2.05, 4.69) is 15.5 Å². The average molecular weight is 334 g/mol. The molecule has 112 valence electrons. The SMILES string of the molecule is Cc1cccc(-c2nnc(CNc3c(Cl)cccc3Cl)o2)c1. The molecule has 0 fully saturated rings. The van der Waals surface area contributed by atoms with E-state index in [4.69, 9.17) is 27.6 Å². The Morgan fingerprint density at radius 1 is 1.05 bits per heavy atom. The van der Waals surface area contributed by atoms with E-state index in [9.17, 15) is 0 Å². The lowest BCUT2D eigenvalue weighted by Crippen LogP contribution is -2.00. The number of hydrogen-bond acceptors (Lipinski definition) is 4. The summed E-state index contributed by atoms with van der Waals surface area (Å²) in [6, 6.07) is 13.2. The lowest BCUT2D eigenvalue weighted by molar-refractivity contribution is 0.515. The highest BCUT2D eigenvalue weighted by Crippen LogP contribution is 2.30. The molecular weight excluding hydrogens is 321 g/mol. The van der Waals surface area contributed by atoms with Crippen LogP contribution < -0.4 is 5.32 Å². The van der Waals surface area contributed by atoms with Gasteiger partial charge in [-0.05, 0) is 31.2 Å². The summed E-state index contributed by atoms with van der Waals surface area (Å²) in [6.45, 7) is 2.37. The Balaban J connectivity index is 1.75. The number of hydrogen-bond donors (Lipinski definition) is 1. The molecule has 4 nitrogen and oxygen atoms in total. The summed E-state index contributed by atoms with van der Waals surface area (Å²) in [7, 11) is 0. The van der Waals surface area contributed by atoms with Crippen molar-refractivity contribution in [1.82, 2.24) is 10.2 Å². The van der Waals surface area contributed by atoms with E-state index in [0.29, 0.717) is 34.1 Å². The summed E-state index contributed by atoms with van der Waals surface area (Å²) >= 11 is 12.2. The third-order valence-corrected chi connectivity index (χ3v) is 3.74. The first-order valence-electron chi connectivity index (χ1n) is 6.71. The first-order valence-corrected chi connectivity index (χ1v) is 7.46. The van der Waals surface area contributed by atoms with Crippen molar-refractivity contribution in [2.45, 2.75) is 13.5 Å². The molecule has 6 heteroatoms. The first-order chi connectivity index (χ1) is 10.6. The molecule has 1 heterocycles. The van der Waals surface area contributed by atoms with Crippen molar-refractivity contribution in [2.75, 3.05) is 5.32 Å². The number of halogens is 2. The number of nitrogens with zero attached hydrogens (tertiary/aromatic N) is 2. The minimum absolute atomic E-state index is 0.349. The Morgan fingerprint density at radius 3 is 2.50 bits per heavy atom. The van der Waals surface area contributed by atoms with Gasteiger partial charge in [0.05, 0.1) is 22.3 Å². The number of para-hydroxylation sites is 1. The lowest BCUT2D eigenvalue weighted by atomic mass is 10.1. The van der Waals surface area contributed by atoms with Gasteiger partial charge in [-0.15, -0.1) is 10.2 Å². The van der Waals surface area contributed by atoms with Crippen LogP contribution in [0, 0.1) is 6.92 Å². The van der Waals surface area contributed by atoms with Gasteiger partial charge in [0.1, 0.15) is 0 Å². The molecular formula is C16H13Cl2N3O. The third kappa shape index (κ3) is 3.24. The van der Waals surface area contributed by atoms with Crippen molar-refractivity contribution in [2.24, 2.45) is 0 Å². The van der Waals surface area contributed by atoms with Gasteiger partial charge in [-0.25, -0.2) is 0 Å². The van der Waals surface area contributed by atoms with Gasteiger partial charge in [0.15, 0.2) is 0 Å². The van der Waals surface area contributed by atoms with Crippen LogP contribution >= 0.6 is 23.2 Å². The number of aryl methyl sites for hydroxylation is 1. The quantitative estimate of drug-likeness (QED) is 0.732. The Morgan fingerprint density at radius 2 is 1.77 bits per heavy atom. The molecule has 0 aliphatic rings. The van der Waals surface area contributed by atoms with Crippen LogP contribution in [-0.2, 0) is 6.54 Å². The predicted molar refractivity (Wildman–Crippen MR) is 88.3 cm³/mol. The highest BCUT2D eigenvalue weighted by atomic mass is 35.5. The second-order valence-corrected chi connectivity index (χ2v) is 5.64. The zero-order chi connectivity index (χ0) is 15.5. The van der Waals surface area contributed by atoms with Gasteiger partial charge >= 0.3 is 0 Å². The van der Waals surface area contributed by atoms with E-state index in [1.807, 2.05) is 31.2 Å². The van der Waals surface area contributed by atoms with Crippen LogP contribution in [0.3, 0.4) is 0 Å². The number of rotatable bonds is 4. The van der Waals surface area contributed by atoms with E-state index in [0.717, 1.165) is 11.1 Å². The largest absolute Gasteiger partial charge is 0.419 e. The van der Waals surface area contributed by atoms with Crippen molar-refractivity contribution in [3.8, 4) is 11.5 Å². The molecule has 3 aromatic rings. The Kier molecular flexibility index (Phi) is 4.32. The van der Waals surface area contributed by atoms with Gasteiger partial charge in [0.2, 0.25) is 11.8 Å². The second-order valence-electron chi connectivity index (χ2n) is 4.82. The van der Waals surface area contributed by atoms with Crippen LogP contribution in [0.5, 0.6) is 0 Å². The molecule has 0 unspecified atom stereocenters. The van der Waals surface area contributed by atoms with Gasteiger partial charge in [0, 0.05) is 5.56 Å². The van der Waals surface area contributed by atoms with E-state index in [1.54, 1.807) is 18.2 Å². The van der Waals surface area contributed by atoms with Crippen LogP contribution in [0.15, 0.2) is 46.9 Å². The van der Waals surface area contributed by atoms with Crippen LogP contribution in [0.4, 0.5) is 5.69 Å². The van der Waals surface area contributed by atoms with Gasteiger partial charge in [-0.2, -0.15) is 0 Å². The van der Waals surface area contributed by atoms with Gasteiger partial charge in [-0.1, -0.05) is 47.0 Å². The van der Waals surface area contributed by atoms with E-state index in [1.165, 1.54) is 0 Å². The smallest absolute Gasteiger partial charge is 0.247 e. The molecule has 1 N–H and O–H groups in total. The Bertz CT molecular complexity index is 781. The summed E-state index contributed by atoms with van der Waals surface area (Å²) in [5.41, 5.74) is 2.69. The molecule has 0 amide bonds. The molecule has 0 saturated carbocycles. The summed E-state index contributed by atoms with van der Waals surface area (Å²) in [4.78, 5) is 0. The molecule has 0 spiro atoms. The highest BCUT2D eigenvalue weighted by molar-refractivity contribution is 6.39. The summed E-state index contributed by atoms with van der Waals surface area (Å²) in [5.74, 6) is 0.957. The Hall–Kier alpha value is -2.04. The zero-order valence-corrected chi connectivity index (χ0v) is 13.3. The number of aromatic nitrogens is 2. The molecule has 1 aromatic heterocycles. The fourth-order valence-corrected chi connectivity index (χ4v) is 2.58. The Labute approximate surface area is 138 Å². The van der Waals surface area contributed by atoms with E-state index < -0.39 is 0 Å². The zero-order valence-electron chi connectivity index (χ0n) is 11.8.